The highest BCUT2D eigenvalue weighted by atomic mass is 16.6. The zero-order chi connectivity index (χ0) is 22.1. The van der Waals surface area contributed by atoms with Gasteiger partial charge >= 0.3 is 6.03 Å². The van der Waals surface area contributed by atoms with Crippen molar-refractivity contribution in [2.24, 2.45) is 0 Å². The first kappa shape index (κ1) is 20.5. The van der Waals surface area contributed by atoms with Crippen LogP contribution in [0.2, 0.25) is 0 Å². The topological polar surface area (TPSA) is 123 Å². The van der Waals surface area contributed by atoms with Gasteiger partial charge in [-0.15, -0.1) is 0 Å². The van der Waals surface area contributed by atoms with Crippen LogP contribution in [0.1, 0.15) is 43.4 Å². The molecule has 31 heavy (non-hydrogen) atoms. The van der Waals surface area contributed by atoms with Crippen molar-refractivity contribution >= 4 is 29.6 Å². The summed E-state index contributed by atoms with van der Waals surface area (Å²) in [6.07, 6.45) is 5.66. The monoisotopic (exact) mass is 423 g/mol. The number of nitro groups is 1. The van der Waals surface area contributed by atoms with Crippen LogP contribution in [-0.4, -0.2) is 33.7 Å². The summed E-state index contributed by atoms with van der Waals surface area (Å²) in [4.78, 5) is 49.3. The maximum Gasteiger partial charge on any atom is 0.331 e. The van der Waals surface area contributed by atoms with Crippen LogP contribution in [0.5, 0.6) is 0 Å². The third-order valence-corrected chi connectivity index (χ3v) is 5.68. The molecule has 4 rings (SSSR count). The van der Waals surface area contributed by atoms with E-state index in [4.69, 9.17) is 4.42 Å². The normalized spacial score (nSPS) is 19.1. The van der Waals surface area contributed by atoms with Crippen molar-refractivity contribution in [2.45, 2.75) is 45.1 Å². The fourth-order valence-corrected chi connectivity index (χ4v) is 4.05. The van der Waals surface area contributed by atoms with Gasteiger partial charge in [-0.2, -0.15) is 0 Å². The second kappa shape index (κ2) is 8.17. The number of nitro benzene ring substituents is 1. The van der Waals surface area contributed by atoms with Gasteiger partial charge in [0.1, 0.15) is 17.1 Å². The number of carbonyl (C=O) groups excluding carboxylic acids is 3. The number of urea groups is 1. The Balaban J connectivity index is 1.64. The standard InChI is InChI=1S/C22H21N3O6/c1-13-7-8-15(25(29)30)11-17(13)19-10-9-16(31-19)12-18-20(26)23-22(28)24(21(18)27)14-5-3-2-4-6-14/h7-12,14H,2-6H2,1H3,(H,23,26,28). The number of benzene rings is 1. The summed E-state index contributed by atoms with van der Waals surface area (Å²) < 4.78 is 5.76. The van der Waals surface area contributed by atoms with E-state index in [1.807, 2.05) is 0 Å². The largest absolute Gasteiger partial charge is 0.457 e. The fraction of sp³-hybridized carbons (Fsp3) is 0.318. The van der Waals surface area contributed by atoms with E-state index in [0.717, 1.165) is 42.6 Å². The predicted octanol–water partition coefficient (Wildman–Crippen LogP) is 3.96. The van der Waals surface area contributed by atoms with Gasteiger partial charge in [0.05, 0.1) is 4.92 Å². The molecule has 1 N–H and O–H groups in total. The average molecular weight is 423 g/mol. The molecule has 1 aromatic heterocycles. The average Bonchev–Trinajstić information content (AvgIpc) is 3.20. The number of hydrogen-bond acceptors (Lipinski definition) is 6. The number of furan rings is 1. The molecule has 0 atom stereocenters. The van der Waals surface area contributed by atoms with Crippen LogP contribution in [0.25, 0.3) is 17.4 Å². The second-order valence-electron chi connectivity index (χ2n) is 7.74. The van der Waals surface area contributed by atoms with E-state index in [9.17, 15) is 24.5 Å². The summed E-state index contributed by atoms with van der Waals surface area (Å²) in [5.74, 6) is -0.800. The Labute approximate surface area is 177 Å². The van der Waals surface area contributed by atoms with Crippen molar-refractivity contribution in [3.63, 3.8) is 0 Å². The molecule has 1 aliphatic heterocycles. The lowest BCUT2D eigenvalue weighted by atomic mass is 9.93. The number of carbonyl (C=O) groups is 3. The highest BCUT2D eigenvalue weighted by Crippen LogP contribution is 2.31. The molecule has 1 aliphatic carbocycles. The molecule has 2 fully saturated rings. The van der Waals surface area contributed by atoms with Crippen molar-refractivity contribution in [3.8, 4) is 11.3 Å². The Morgan fingerprint density at radius 1 is 1.13 bits per heavy atom. The smallest absolute Gasteiger partial charge is 0.331 e. The lowest BCUT2D eigenvalue weighted by Gasteiger charge is -2.35. The van der Waals surface area contributed by atoms with Crippen molar-refractivity contribution in [3.05, 3.63) is 57.3 Å². The van der Waals surface area contributed by atoms with E-state index in [1.165, 1.54) is 18.2 Å². The maximum absolute atomic E-state index is 13.0. The molecule has 2 aromatic rings. The molecule has 9 heteroatoms. The highest BCUT2D eigenvalue weighted by molar-refractivity contribution is 6.31. The minimum Gasteiger partial charge on any atom is -0.457 e. The Kier molecular flexibility index (Phi) is 5.41. The molecule has 0 bridgehead atoms. The number of nitrogens with zero attached hydrogens (tertiary/aromatic N) is 2. The van der Waals surface area contributed by atoms with E-state index in [1.54, 1.807) is 25.1 Å². The summed E-state index contributed by atoms with van der Waals surface area (Å²) in [6, 6.07) is 6.72. The van der Waals surface area contributed by atoms with Crippen molar-refractivity contribution in [1.29, 1.82) is 0 Å². The number of imide groups is 2. The first-order valence-corrected chi connectivity index (χ1v) is 10.1. The molecule has 0 radical (unpaired) electrons. The van der Waals surface area contributed by atoms with Gasteiger partial charge in [0.15, 0.2) is 0 Å². The van der Waals surface area contributed by atoms with Gasteiger partial charge in [0, 0.05) is 23.7 Å². The molecule has 1 aromatic carbocycles. The number of hydrogen-bond donors (Lipinski definition) is 1. The second-order valence-corrected chi connectivity index (χ2v) is 7.74. The number of amides is 4. The first-order chi connectivity index (χ1) is 14.8. The zero-order valence-corrected chi connectivity index (χ0v) is 16.9. The lowest BCUT2D eigenvalue weighted by molar-refractivity contribution is -0.384. The fourth-order valence-electron chi connectivity index (χ4n) is 4.05. The number of aryl methyl sites for hydroxylation is 1. The van der Waals surface area contributed by atoms with Gasteiger partial charge in [-0.05, 0) is 43.5 Å². The molecule has 2 heterocycles. The van der Waals surface area contributed by atoms with Crippen LogP contribution in [0.15, 0.2) is 40.3 Å². The molecule has 0 spiro atoms. The predicted molar refractivity (Wildman–Crippen MR) is 111 cm³/mol. The molecule has 9 nitrogen and oxygen atoms in total. The van der Waals surface area contributed by atoms with Gasteiger partial charge in [-0.3, -0.25) is 29.9 Å². The number of non-ortho nitro benzene ring substituents is 1. The van der Waals surface area contributed by atoms with Crippen LogP contribution in [0.3, 0.4) is 0 Å². The summed E-state index contributed by atoms with van der Waals surface area (Å²) in [6.45, 7) is 1.80. The van der Waals surface area contributed by atoms with Crippen molar-refractivity contribution < 1.29 is 23.7 Å². The number of nitrogens with one attached hydrogen (secondary N) is 1. The zero-order valence-electron chi connectivity index (χ0n) is 16.9. The Morgan fingerprint density at radius 3 is 2.58 bits per heavy atom. The molecule has 1 saturated carbocycles. The van der Waals surface area contributed by atoms with Crippen molar-refractivity contribution in [2.75, 3.05) is 0 Å². The minimum absolute atomic E-state index is 0.0691. The van der Waals surface area contributed by atoms with E-state index >= 15 is 0 Å². The van der Waals surface area contributed by atoms with E-state index in [-0.39, 0.29) is 23.1 Å². The molecule has 4 amide bonds. The number of rotatable bonds is 4. The van der Waals surface area contributed by atoms with Crippen LogP contribution in [0.4, 0.5) is 10.5 Å². The van der Waals surface area contributed by atoms with Crippen molar-refractivity contribution in [1.82, 2.24) is 10.2 Å². The molecule has 160 valence electrons. The Bertz CT molecular complexity index is 1110. The van der Waals surface area contributed by atoms with Gasteiger partial charge in [-0.1, -0.05) is 25.3 Å². The summed E-state index contributed by atoms with van der Waals surface area (Å²) >= 11 is 0. The molecule has 1 saturated heterocycles. The summed E-state index contributed by atoms with van der Waals surface area (Å²) in [5.41, 5.74) is 1.07. The third kappa shape index (κ3) is 3.98. The highest BCUT2D eigenvalue weighted by Gasteiger charge is 2.40. The summed E-state index contributed by atoms with van der Waals surface area (Å²) in [5, 5.41) is 13.3. The maximum atomic E-state index is 13.0. The van der Waals surface area contributed by atoms with Crippen LogP contribution >= 0.6 is 0 Å². The van der Waals surface area contributed by atoms with Gasteiger partial charge in [-0.25, -0.2) is 4.79 Å². The molecule has 0 unspecified atom stereocenters. The van der Waals surface area contributed by atoms with Crippen LogP contribution in [0, 0.1) is 17.0 Å². The Hall–Kier alpha value is -3.75. The van der Waals surface area contributed by atoms with Gasteiger partial charge in [0.25, 0.3) is 17.5 Å². The lowest BCUT2D eigenvalue weighted by Crippen LogP contribution is -2.58. The van der Waals surface area contributed by atoms with Crippen LogP contribution < -0.4 is 5.32 Å². The molecular weight excluding hydrogens is 402 g/mol. The van der Waals surface area contributed by atoms with E-state index in [2.05, 4.69) is 5.32 Å². The van der Waals surface area contributed by atoms with Crippen LogP contribution in [-0.2, 0) is 9.59 Å². The van der Waals surface area contributed by atoms with Gasteiger partial charge in [0.2, 0.25) is 0 Å². The molecular formula is C22H21N3O6. The molecule has 2 aliphatic rings. The van der Waals surface area contributed by atoms with Gasteiger partial charge < -0.3 is 4.42 Å². The minimum atomic E-state index is -0.772. The number of barbiturate groups is 1. The Morgan fingerprint density at radius 2 is 1.87 bits per heavy atom. The SMILES string of the molecule is Cc1ccc([N+](=O)[O-])cc1-c1ccc(C=C2C(=O)NC(=O)N(C3CCCCC3)C2=O)o1. The van der Waals surface area contributed by atoms with E-state index in [0.29, 0.717) is 11.3 Å². The quantitative estimate of drug-likeness (QED) is 0.344. The van der Waals surface area contributed by atoms with E-state index < -0.39 is 22.8 Å². The third-order valence-electron chi connectivity index (χ3n) is 5.68. The summed E-state index contributed by atoms with van der Waals surface area (Å²) in [7, 11) is 0. The first-order valence-electron chi connectivity index (χ1n) is 10.1.